The predicted molar refractivity (Wildman–Crippen MR) is 134 cm³/mol. The second-order valence-electron chi connectivity index (χ2n) is 7.61. The summed E-state index contributed by atoms with van der Waals surface area (Å²) in [4.78, 5) is 12.8. The Hall–Kier alpha value is -4.05. The van der Waals surface area contributed by atoms with E-state index >= 15 is 0 Å². The quantitative estimate of drug-likeness (QED) is 0.345. The number of phenolic OH excluding ortho intramolecular Hbond substituents is 1. The van der Waals surface area contributed by atoms with Gasteiger partial charge in [0, 0.05) is 11.6 Å². The molecule has 0 aliphatic rings. The molecule has 0 bridgehead atoms. The number of amides is 1. The third-order valence-electron chi connectivity index (χ3n) is 5.19. The van der Waals surface area contributed by atoms with Gasteiger partial charge in [0.2, 0.25) is 0 Å². The van der Waals surface area contributed by atoms with Gasteiger partial charge in [0.05, 0.1) is 30.5 Å². The van der Waals surface area contributed by atoms with Crippen LogP contribution in [0.5, 0.6) is 17.2 Å². The predicted octanol–water partition coefficient (Wildman–Crippen LogP) is 3.45. The maximum Gasteiger partial charge on any atom is 0.264 e. The normalized spacial score (nSPS) is 11.6. The van der Waals surface area contributed by atoms with Crippen molar-refractivity contribution in [3.63, 3.8) is 0 Å². The van der Waals surface area contributed by atoms with Gasteiger partial charge in [-0.2, -0.15) is 5.10 Å². The lowest BCUT2D eigenvalue weighted by Gasteiger charge is -2.24. The molecule has 3 aromatic carbocycles. The molecule has 0 heterocycles. The van der Waals surface area contributed by atoms with Crippen LogP contribution in [0.2, 0.25) is 0 Å². The fourth-order valence-electron chi connectivity index (χ4n) is 3.28. The van der Waals surface area contributed by atoms with Gasteiger partial charge in [0.25, 0.3) is 15.9 Å². The number of nitrogens with zero attached hydrogens (tertiary/aromatic N) is 2. The standard InChI is InChI=1S/C25H27N3O6S/c1-17-9-12-20(13-10-17)35(31,32)28(19-11-14-23(33-3)24(15-19)34-4)16-25(30)27-26-18(2)21-7-5-6-8-22(21)29/h5-15,29H,16H2,1-4H3,(H,27,30)/b26-18-. The number of methoxy groups -OCH3 is 2. The molecular weight excluding hydrogens is 470 g/mol. The zero-order valence-electron chi connectivity index (χ0n) is 19.8. The maximum absolute atomic E-state index is 13.5. The van der Waals surface area contributed by atoms with Crippen molar-refractivity contribution in [2.45, 2.75) is 18.7 Å². The first-order valence-electron chi connectivity index (χ1n) is 10.6. The summed E-state index contributed by atoms with van der Waals surface area (Å²) in [6.07, 6.45) is 0. The van der Waals surface area contributed by atoms with Gasteiger partial charge >= 0.3 is 0 Å². The summed E-state index contributed by atoms with van der Waals surface area (Å²) in [6, 6.07) is 17.4. The first-order chi connectivity index (χ1) is 16.7. The number of hydrazone groups is 1. The summed E-state index contributed by atoms with van der Waals surface area (Å²) in [6.45, 7) is 2.91. The molecule has 184 valence electrons. The van der Waals surface area contributed by atoms with Crippen LogP contribution in [-0.4, -0.2) is 45.9 Å². The molecule has 0 fully saturated rings. The van der Waals surface area contributed by atoms with Crippen LogP contribution in [0.15, 0.2) is 76.7 Å². The number of ether oxygens (including phenoxy) is 2. The third kappa shape index (κ3) is 5.90. The molecule has 0 radical (unpaired) electrons. The molecule has 35 heavy (non-hydrogen) atoms. The van der Waals surface area contributed by atoms with Crippen LogP contribution in [0.4, 0.5) is 5.69 Å². The fourth-order valence-corrected chi connectivity index (χ4v) is 4.70. The van der Waals surface area contributed by atoms with Crippen molar-refractivity contribution in [3.05, 3.63) is 77.9 Å². The molecule has 3 rings (SSSR count). The molecule has 9 nitrogen and oxygen atoms in total. The van der Waals surface area contributed by atoms with Crippen molar-refractivity contribution in [1.29, 1.82) is 0 Å². The van der Waals surface area contributed by atoms with Crippen molar-refractivity contribution in [2.75, 3.05) is 25.1 Å². The molecule has 0 aromatic heterocycles. The Balaban J connectivity index is 1.95. The van der Waals surface area contributed by atoms with Crippen LogP contribution in [-0.2, 0) is 14.8 Å². The topological polar surface area (TPSA) is 118 Å². The number of hydrogen-bond acceptors (Lipinski definition) is 7. The summed E-state index contributed by atoms with van der Waals surface area (Å²) in [5.74, 6) is 0.0568. The number of hydrogen-bond donors (Lipinski definition) is 2. The van der Waals surface area contributed by atoms with Gasteiger partial charge in [0.15, 0.2) is 11.5 Å². The summed E-state index contributed by atoms with van der Waals surface area (Å²) >= 11 is 0. The second kappa shape index (κ2) is 10.9. The Labute approximate surface area is 204 Å². The summed E-state index contributed by atoms with van der Waals surface area (Å²) in [7, 11) is -1.22. The Kier molecular flexibility index (Phi) is 7.98. The molecule has 10 heteroatoms. The van der Waals surface area contributed by atoms with E-state index in [1.807, 2.05) is 6.92 Å². The van der Waals surface area contributed by atoms with E-state index in [9.17, 15) is 18.3 Å². The smallest absolute Gasteiger partial charge is 0.264 e. The van der Waals surface area contributed by atoms with E-state index in [4.69, 9.17) is 9.47 Å². The van der Waals surface area contributed by atoms with Gasteiger partial charge in [-0.3, -0.25) is 9.10 Å². The van der Waals surface area contributed by atoms with Gasteiger partial charge in [-0.25, -0.2) is 13.8 Å². The minimum atomic E-state index is -4.12. The summed E-state index contributed by atoms with van der Waals surface area (Å²) in [5.41, 5.74) is 4.27. The van der Waals surface area contributed by atoms with E-state index in [1.165, 1.54) is 44.6 Å². The molecular formula is C25H27N3O6S. The third-order valence-corrected chi connectivity index (χ3v) is 6.98. The molecule has 0 spiro atoms. The number of sulfonamides is 1. The number of aryl methyl sites for hydroxylation is 1. The number of aromatic hydroxyl groups is 1. The molecule has 0 aliphatic heterocycles. The minimum absolute atomic E-state index is 0.0110. The van der Waals surface area contributed by atoms with Crippen molar-refractivity contribution < 1.29 is 27.8 Å². The number of carbonyl (C=O) groups is 1. The average molecular weight is 498 g/mol. The Bertz CT molecular complexity index is 1340. The number of benzene rings is 3. The highest BCUT2D eigenvalue weighted by Crippen LogP contribution is 2.33. The van der Waals surface area contributed by atoms with E-state index in [0.717, 1.165) is 9.87 Å². The largest absolute Gasteiger partial charge is 0.507 e. The zero-order chi connectivity index (χ0) is 25.6. The molecule has 0 saturated carbocycles. The molecule has 3 aromatic rings. The highest BCUT2D eigenvalue weighted by molar-refractivity contribution is 7.92. The van der Waals surface area contributed by atoms with Crippen LogP contribution < -0.4 is 19.2 Å². The molecule has 0 atom stereocenters. The lowest BCUT2D eigenvalue weighted by molar-refractivity contribution is -0.119. The van der Waals surface area contributed by atoms with Crippen LogP contribution in [0.3, 0.4) is 0 Å². The number of anilines is 1. The minimum Gasteiger partial charge on any atom is -0.507 e. The number of nitrogens with one attached hydrogen (secondary N) is 1. The zero-order valence-corrected chi connectivity index (χ0v) is 20.7. The van der Waals surface area contributed by atoms with Gasteiger partial charge in [-0.1, -0.05) is 29.8 Å². The Morgan fingerprint density at radius 3 is 2.29 bits per heavy atom. The maximum atomic E-state index is 13.5. The van der Waals surface area contributed by atoms with Gasteiger partial charge in [-0.05, 0) is 50.2 Å². The number of carbonyl (C=O) groups excluding carboxylic acids is 1. The lowest BCUT2D eigenvalue weighted by atomic mass is 10.1. The molecule has 0 aliphatic carbocycles. The molecule has 2 N–H and O–H groups in total. The number of phenols is 1. The van der Waals surface area contributed by atoms with Crippen molar-refractivity contribution in [2.24, 2.45) is 5.10 Å². The van der Waals surface area contributed by atoms with Crippen molar-refractivity contribution in [1.82, 2.24) is 5.43 Å². The monoisotopic (exact) mass is 497 g/mol. The van der Waals surface area contributed by atoms with Crippen molar-refractivity contribution in [3.8, 4) is 17.2 Å². The van der Waals surface area contributed by atoms with Crippen molar-refractivity contribution >= 4 is 27.3 Å². The second-order valence-corrected chi connectivity index (χ2v) is 9.48. The Morgan fingerprint density at radius 2 is 1.66 bits per heavy atom. The first kappa shape index (κ1) is 25.6. The highest BCUT2D eigenvalue weighted by atomic mass is 32.2. The van der Waals surface area contributed by atoms with E-state index in [-0.39, 0.29) is 16.3 Å². The lowest BCUT2D eigenvalue weighted by Crippen LogP contribution is -2.39. The van der Waals surface area contributed by atoms with E-state index < -0.39 is 22.5 Å². The summed E-state index contributed by atoms with van der Waals surface area (Å²) < 4.78 is 38.6. The molecule has 0 saturated heterocycles. The number of para-hydroxylation sites is 1. The molecule has 0 unspecified atom stereocenters. The Morgan fingerprint density at radius 1 is 1.00 bits per heavy atom. The van der Waals surface area contributed by atoms with Gasteiger partial charge in [-0.15, -0.1) is 0 Å². The molecule has 1 amide bonds. The first-order valence-corrected chi connectivity index (χ1v) is 12.0. The van der Waals surface area contributed by atoms with Crippen LogP contribution in [0.1, 0.15) is 18.1 Å². The summed E-state index contributed by atoms with van der Waals surface area (Å²) in [5, 5.41) is 14.0. The van der Waals surface area contributed by atoms with Crippen LogP contribution >= 0.6 is 0 Å². The van der Waals surface area contributed by atoms with Crippen LogP contribution in [0, 0.1) is 6.92 Å². The SMILES string of the molecule is COc1ccc(N(CC(=O)N/N=C(/C)c2ccccc2O)S(=O)(=O)c2ccc(C)cc2)cc1OC. The van der Waals surface area contributed by atoms with Crippen LogP contribution in [0.25, 0.3) is 0 Å². The van der Waals surface area contributed by atoms with E-state index in [2.05, 4.69) is 10.5 Å². The average Bonchev–Trinajstić information content (AvgIpc) is 2.85. The van der Waals surface area contributed by atoms with E-state index in [1.54, 1.807) is 43.3 Å². The van der Waals surface area contributed by atoms with Gasteiger partial charge < -0.3 is 14.6 Å². The number of rotatable bonds is 9. The van der Waals surface area contributed by atoms with E-state index in [0.29, 0.717) is 22.8 Å². The van der Waals surface area contributed by atoms with Gasteiger partial charge in [0.1, 0.15) is 12.3 Å². The highest BCUT2D eigenvalue weighted by Gasteiger charge is 2.28. The fraction of sp³-hybridized carbons (Fsp3) is 0.200.